The lowest BCUT2D eigenvalue weighted by Gasteiger charge is -2.34. The first-order valence-electron chi connectivity index (χ1n) is 6.20. The fraction of sp³-hybridized carbons (Fsp3) is 0.917. The van der Waals surface area contributed by atoms with E-state index in [1.54, 1.807) is 0 Å². The number of fused-ring (bicyclic) bond motifs is 2. The van der Waals surface area contributed by atoms with Crippen molar-refractivity contribution in [1.82, 2.24) is 4.90 Å². The van der Waals surface area contributed by atoms with Gasteiger partial charge in [0.25, 0.3) is 0 Å². The van der Waals surface area contributed by atoms with Crippen LogP contribution < -0.4 is 5.73 Å². The number of ether oxygens (including phenoxy) is 1. The van der Waals surface area contributed by atoms with Crippen LogP contribution in [0.25, 0.3) is 0 Å². The van der Waals surface area contributed by atoms with Crippen LogP contribution in [0.1, 0.15) is 33.1 Å². The van der Waals surface area contributed by atoms with Crippen LogP contribution in [0.2, 0.25) is 0 Å². The number of nitrogens with zero attached hydrogens (tertiary/aromatic N) is 1. The standard InChI is InChI=1S/C12H23N3O/c1-12(2,11(13)14)5-6-15-7-9-3-4-10(8-15)16-9/h9-10H,3-8H2,1-2H3,(H3,13,14). The van der Waals surface area contributed by atoms with Crippen LogP contribution >= 0.6 is 0 Å². The van der Waals surface area contributed by atoms with E-state index in [0.717, 1.165) is 26.1 Å². The van der Waals surface area contributed by atoms with Gasteiger partial charge in [-0.05, 0) is 25.8 Å². The Bertz CT molecular complexity index is 265. The maximum atomic E-state index is 7.54. The predicted octanol–water partition coefficient (Wildman–Crippen LogP) is 1.20. The number of hydrogen-bond acceptors (Lipinski definition) is 3. The van der Waals surface area contributed by atoms with E-state index in [1.807, 2.05) is 13.8 Å². The Morgan fingerprint density at radius 3 is 2.44 bits per heavy atom. The van der Waals surface area contributed by atoms with Gasteiger partial charge in [0.15, 0.2) is 0 Å². The Balaban J connectivity index is 1.80. The van der Waals surface area contributed by atoms with Gasteiger partial charge in [0.1, 0.15) is 0 Å². The third kappa shape index (κ3) is 2.55. The summed E-state index contributed by atoms with van der Waals surface area (Å²) < 4.78 is 5.80. The van der Waals surface area contributed by atoms with Gasteiger partial charge in [0.2, 0.25) is 0 Å². The van der Waals surface area contributed by atoms with Crippen molar-refractivity contribution in [2.24, 2.45) is 11.1 Å². The summed E-state index contributed by atoms with van der Waals surface area (Å²) in [6, 6.07) is 0. The molecule has 4 nitrogen and oxygen atoms in total. The lowest BCUT2D eigenvalue weighted by Crippen LogP contribution is -2.44. The fourth-order valence-electron chi connectivity index (χ4n) is 2.45. The van der Waals surface area contributed by atoms with E-state index < -0.39 is 0 Å². The average Bonchev–Trinajstić information content (AvgIpc) is 2.55. The summed E-state index contributed by atoms with van der Waals surface area (Å²) in [5.74, 6) is 0.295. The van der Waals surface area contributed by atoms with E-state index in [1.165, 1.54) is 12.8 Å². The molecule has 0 radical (unpaired) electrons. The summed E-state index contributed by atoms with van der Waals surface area (Å²) in [5.41, 5.74) is 5.42. The molecule has 2 fully saturated rings. The van der Waals surface area contributed by atoms with E-state index in [4.69, 9.17) is 15.9 Å². The normalized spacial score (nSPS) is 30.6. The van der Waals surface area contributed by atoms with Gasteiger partial charge in [-0.2, -0.15) is 0 Å². The highest BCUT2D eigenvalue weighted by Crippen LogP contribution is 2.27. The molecule has 2 bridgehead atoms. The summed E-state index contributed by atoms with van der Waals surface area (Å²) in [5, 5.41) is 7.54. The third-order valence-electron chi connectivity index (χ3n) is 3.90. The molecule has 0 spiro atoms. The molecule has 0 aromatic rings. The first kappa shape index (κ1) is 11.9. The van der Waals surface area contributed by atoms with E-state index in [9.17, 15) is 0 Å². The van der Waals surface area contributed by atoms with Crippen molar-refractivity contribution in [2.75, 3.05) is 19.6 Å². The summed E-state index contributed by atoms with van der Waals surface area (Å²) in [6.07, 6.45) is 4.31. The maximum absolute atomic E-state index is 7.54. The van der Waals surface area contributed by atoms with Gasteiger partial charge in [0, 0.05) is 18.5 Å². The fourth-order valence-corrected chi connectivity index (χ4v) is 2.45. The molecule has 0 saturated carbocycles. The molecule has 2 aliphatic rings. The van der Waals surface area contributed by atoms with E-state index in [0.29, 0.717) is 18.0 Å². The van der Waals surface area contributed by atoms with Crippen molar-refractivity contribution in [3.63, 3.8) is 0 Å². The molecule has 0 aromatic carbocycles. The zero-order chi connectivity index (χ0) is 11.8. The molecule has 2 unspecified atom stereocenters. The van der Waals surface area contributed by atoms with Gasteiger partial charge in [-0.3, -0.25) is 10.3 Å². The molecule has 2 atom stereocenters. The number of morpholine rings is 1. The zero-order valence-electron chi connectivity index (χ0n) is 10.3. The lowest BCUT2D eigenvalue weighted by molar-refractivity contribution is -0.0398. The Kier molecular flexibility index (Phi) is 3.22. The molecule has 2 aliphatic heterocycles. The predicted molar refractivity (Wildman–Crippen MR) is 64.6 cm³/mol. The number of amidine groups is 1. The number of nitrogens with one attached hydrogen (secondary N) is 1. The largest absolute Gasteiger partial charge is 0.387 e. The Labute approximate surface area is 97.6 Å². The molecule has 4 heteroatoms. The summed E-state index contributed by atoms with van der Waals surface area (Å²) >= 11 is 0. The van der Waals surface area contributed by atoms with E-state index in [-0.39, 0.29) is 5.41 Å². The SMILES string of the molecule is CC(C)(CCN1CC2CCC(C1)O2)C(=N)N. The number of likely N-dealkylation sites (tertiary alicyclic amines) is 1. The highest BCUT2D eigenvalue weighted by Gasteiger charge is 2.34. The second-order valence-electron chi connectivity index (χ2n) is 5.76. The highest BCUT2D eigenvalue weighted by atomic mass is 16.5. The Morgan fingerprint density at radius 2 is 1.94 bits per heavy atom. The molecular weight excluding hydrogens is 202 g/mol. The van der Waals surface area contributed by atoms with Gasteiger partial charge >= 0.3 is 0 Å². The summed E-state index contributed by atoms with van der Waals surface area (Å²) in [6.45, 7) is 7.24. The molecule has 2 heterocycles. The molecule has 92 valence electrons. The van der Waals surface area contributed by atoms with Crippen LogP contribution in [0, 0.1) is 10.8 Å². The molecule has 2 rings (SSSR count). The van der Waals surface area contributed by atoms with Gasteiger partial charge in [-0.1, -0.05) is 13.8 Å². The molecule has 0 aromatic heterocycles. The monoisotopic (exact) mass is 225 g/mol. The smallest absolute Gasteiger partial charge is 0.0963 e. The van der Waals surface area contributed by atoms with Crippen LogP contribution in [-0.2, 0) is 4.74 Å². The van der Waals surface area contributed by atoms with Crippen molar-refractivity contribution in [3.05, 3.63) is 0 Å². The van der Waals surface area contributed by atoms with Gasteiger partial charge in [0.05, 0.1) is 18.0 Å². The summed E-state index contributed by atoms with van der Waals surface area (Å²) in [4.78, 5) is 2.47. The molecule has 3 N–H and O–H groups in total. The maximum Gasteiger partial charge on any atom is 0.0963 e. The number of rotatable bonds is 4. The lowest BCUT2D eigenvalue weighted by atomic mass is 9.88. The van der Waals surface area contributed by atoms with Crippen molar-refractivity contribution in [2.45, 2.75) is 45.3 Å². The Morgan fingerprint density at radius 1 is 1.38 bits per heavy atom. The van der Waals surface area contributed by atoms with Crippen LogP contribution in [0.3, 0.4) is 0 Å². The van der Waals surface area contributed by atoms with E-state index >= 15 is 0 Å². The van der Waals surface area contributed by atoms with Crippen molar-refractivity contribution >= 4 is 5.84 Å². The van der Waals surface area contributed by atoms with Crippen LogP contribution in [-0.4, -0.2) is 42.6 Å². The minimum absolute atomic E-state index is 0.169. The topological polar surface area (TPSA) is 62.3 Å². The average molecular weight is 225 g/mol. The number of nitrogens with two attached hydrogens (primary N) is 1. The molecule has 0 aliphatic carbocycles. The molecule has 2 saturated heterocycles. The number of hydrogen-bond donors (Lipinski definition) is 2. The van der Waals surface area contributed by atoms with Crippen LogP contribution in [0.5, 0.6) is 0 Å². The van der Waals surface area contributed by atoms with Crippen LogP contribution in [0.15, 0.2) is 0 Å². The quantitative estimate of drug-likeness (QED) is 0.558. The first-order valence-corrected chi connectivity index (χ1v) is 6.20. The third-order valence-corrected chi connectivity index (χ3v) is 3.90. The molecule has 16 heavy (non-hydrogen) atoms. The Hall–Kier alpha value is -0.610. The van der Waals surface area contributed by atoms with Gasteiger partial charge < -0.3 is 10.5 Å². The summed E-state index contributed by atoms with van der Waals surface area (Å²) in [7, 11) is 0. The second-order valence-corrected chi connectivity index (χ2v) is 5.76. The van der Waals surface area contributed by atoms with Crippen molar-refractivity contribution < 1.29 is 4.74 Å². The minimum Gasteiger partial charge on any atom is -0.387 e. The molecule has 0 amide bonds. The highest BCUT2D eigenvalue weighted by molar-refractivity contribution is 5.82. The van der Waals surface area contributed by atoms with E-state index in [2.05, 4.69) is 4.90 Å². The minimum atomic E-state index is -0.169. The zero-order valence-corrected chi connectivity index (χ0v) is 10.3. The van der Waals surface area contributed by atoms with Crippen molar-refractivity contribution in [3.8, 4) is 0 Å². The first-order chi connectivity index (χ1) is 7.47. The van der Waals surface area contributed by atoms with Gasteiger partial charge in [-0.15, -0.1) is 0 Å². The van der Waals surface area contributed by atoms with Gasteiger partial charge in [-0.25, -0.2) is 0 Å². The second kappa shape index (κ2) is 4.34. The molecular formula is C12H23N3O. The van der Waals surface area contributed by atoms with Crippen molar-refractivity contribution in [1.29, 1.82) is 5.41 Å². The van der Waals surface area contributed by atoms with Crippen LogP contribution in [0.4, 0.5) is 0 Å².